The molecule has 0 aliphatic heterocycles. The number of methoxy groups -OCH3 is 1. The fraction of sp³-hybridized carbons (Fsp3) is 0.438. The van der Waals surface area contributed by atoms with Gasteiger partial charge in [-0.15, -0.1) is 0 Å². The van der Waals surface area contributed by atoms with Gasteiger partial charge in [-0.1, -0.05) is 56.3 Å². The van der Waals surface area contributed by atoms with Crippen LogP contribution in [0.4, 0.5) is 0 Å². The lowest BCUT2D eigenvalue weighted by molar-refractivity contribution is -0.146. The lowest BCUT2D eigenvalue weighted by atomic mass is 10.0. The Bertz CT molecular complexity index is 1200. The number of amides is 2. The van der Waals surface area contributed by atoms with E-state index in [4.69, 9.17) is 9.47 Å². The summed E-state index contributed by atoms with van der Waals surface area (Å²) in [5.74, 6) is 0.770. The average molecular weight is 534 g/mol. The third-order valence-electron chi connectivity index (χ3n) is 6.44. The van der Waals surface area contributed by atoms with Gasteiger partial charge in [-0.3, -0.25) is 9.59 Å². The molecule has 0 spiro atoms. The Hall–Kier alpha value is -3.58. The van der Waals surface area contributed by atoms with Crippen molar-refractivity contribution in [3.05, 3.63) is 89.7 Å². The van der Waals surface area contributed by atoms with Crippen LogP contribution in [0.15, 0.2) is 72.9 Å². The first-order valence-electron chi connectivity index (χ1n) is 13.5. The summed E-state index contributed by atoms with van der Waals surface area (Å²) in [7, 11) is 1.66. The smallest absolute Gasteiger partial charge is 0.249 e. The second-order valence-corrected chi connectivity index (χ2v) is 11.3. The first-order chi connectivity index (χ1) is 18.6. The number of hydrogen-bond donors (Lipinski definition) is 0. The van der Waals surface area contributed by atoms with E-state index in [1.807, 2.05) is 106 Å². The van der Waals surface area contributed by atoms with Gasteiger partial charge >= 0.3 is 0 Å². The minimum absolute atomic E-state index is 0.0135. The van der Waals surface area contributed by atoms with Crippen molar-refractivity contribution in [3.63, 3.8) is 0 Å². The monoisotopic (exact) mass is 533 g/mol. The summed E-state index contributed by atoms with van der Waals surface area (Å²) >= 11 is 0. The number of aromatic nitrogens is 1. The zero-order valence-corrected chi connectivity index (χ0v) is 24.2. The normalized spacial score (nSPS) is 11.5. The molecule has 0 saturated carbocycles. The molecule has 7 heteroatoms. The molecule has 0 bridgehead atoms. The number of benzene rings is 2. The van der Waals surface area contributed by atoms with Crippen molar-refractivity contribution in [2.75, 3.05) is 26.8 Å². The van der Waals surface area contributed by atoms with Gasteiger partial charge in [0, 0.05) is 30.5 Å². The molecule has 0 unspecified atom stereocenters. The highest BCUT2D eigenvalue weighted by Crippen LogP contribution is 2.21. The van der Waals surface area contributed by atoms with Gasteiger partial charge in [-0.25, -0.2) is 0 Å². The quantitative estimate of drug-likeness (QED) is 0.296. The third-order valence-corrected chi connectivity index (χ3v) is 6.44. The molecule has 0 fully saturated rings. The van der Waals surface area contributed by atoms with E-state index in [1.165, 1.54) is 0 Å². The molecule has 0 saturated heterocycles. The first kappa shape index (κ1) is 30.0. The molecule has 2 aromatic carbocycles. The summed E-state index contributed by atoms with van der Waals surface area (Å²) in [5.41, 5.74) is 2.71. The van der Waals surface area contributed by atoms with Crippen LogP contribution in [0, 0.1) is 5.92 Å². The number of rotatable bonds is 13. The van der Waals surface area contributed by atoms with Crippen molar-refractivity contribution in [1.82, 2.24) is 14.4 Å². The Balaban J connectivity index is 1.70. The molecule has 1 heterocycles. The van der Waals surface area contributed by atoms with Crippen LogP contribution in [-0.4, -0.2) is 58.5 Å². The SMILES string of the molecule is COc1cccc(Cn2cccc2CN(C(=O)CN(CC(C)C)C(=O)COCc2ccccc2)C(C)(C)C)c1. The fourth-order valence-corrected chi connectivity index (χ4v) is 4.44. The van der Waals surface area contributed by atoms with Gasteiger partial charge in [0.25, 0.3) is 0 Å². The van der Waals surface area contributed by atoms with E-state index in [0.717, 1.165) is 22.6 Å². The van der Waals surface area contributed by atoms with E-state index in [2.05, 4.69) is 10.6 Å². The topological polar surface area (TPSA) is 64.0 Å². The van der Waals surface area contributed by atoms with Crippen molar-refractivity contribution >= 4 is 11.8 Å². The van der Waals surface area contributed by atoms with E-state index in [1.54, 1.807) is 12.0 Å². The van der Waals surface area contributed by atoms with Gasteiger partial charge in [0.2, 0.25) is 11.8 Å². The van der Waals surface area contributed by atoms with Gasteiger partial charge in [0.05, 0.1) is 26.8 Å². The van der Waals surface area contributed by atoms with Gasteiger partial charge in [-0.05, 0) is 62.1 Å². The zero-order valence-electron chi connectivity index (χ0n) is 24.2. The van der Waals surface area contributed by atoms with Crippen LogP contribution in [0.5, 0.6) is 5.75 Å². The minimum Gasteiger partial charge on any atom is -0.497 e. The summed E-state index contributed by atoms with van der Waals surface area (Å²) in [5, 5.41) is 0. The van der Waals surface area contributed by atoms with Crippen LogP contribution in [0.25, 0.3) is 0 Å². The molecule has 39 heavy (non-hydrogen) atoms. The lowest BCUT2D eigenvalue weighted by Crippen LogP contribution is -2.51. The van der Waals surface area contributed by atoms with E-state index in [-0.39, 0.29) is 30.9 Å². The van der Waals surface area contributed by atoms with Crippen LogP contribution in [0.3, 0.4) is 0 Å². The first-order valence-corrected chi connectivity index (χ1v) is 13.5. The van der Waals surface area contributed by atoms with Crippen molar-refractivity contribution in [2.45, 2.75) is 59.9 Å². The summed E-state index contributed by atoms with van der Waals surface area (Å²) in [4.78, 5) is 30.3. The molecule has 1 aromatic heterocycles. The van der Waals surface area contributed by atoms with Gasteiger partial charge in [0.1, 0.15) is 12.4 Å². The fourth-order valence-electron chi connectivity index (χ4n) is 4.44. The molecule has 210 valence electrons. The molecule has 0 radical (unpaired) electrons. The van der Waals surface area contributed by atoms with Crippen molar-refractivity contribution in [2.24, 2.45) is 5.92 Å². The molecule has 0 atom stereocenters. The maximum atomic E-state index is 13.7. The molecule has 0 aliphatic carbocycles. The summed E-state index contributed by atoms with van der Waals surface area (Å²) < 4.78 is 13.2. The van der Waals surface area contributed by atoms with E-state index in [9.17, 15) is 9.59 Å². The van der Waals surface area contributed by atoms with Crippen LogP contribution in [0.2, 0.25) is 0 Å². The largest absolute Gasteiger partial charge is 0.497 e. The highest BCUT2D eigenvalue weighted by molar-refractivity contribution is 5.85. The van der Waals surface area contributed by atoms with Crippen molar-refractivity contribution in [3.8, 4) is 5.75 Å². The maximum absolute atomic E-state index is 13.7. The van der Waals surface area contributed by atoms with E-state index in [0.29, 0.717) is 26.2 Å². The van der Waals surface area contributed by atoms with Crippen LogP contribution in [0.1, 0.15) is 51.4 Å². The highest BCUT2D eigenvalue weighted by Gasteiger charge is 2.30. The standard InChI is InChI=1S/C32H43N3O4/c1-25(2)19-34(31(37)24-39-23-26-12-8-7-9-13-26)22-30(36)35(32(3,4)5)21-28-15-11-17-33(28)20-27-14-10-16-29(18-27)38-6/h7-18,25H,19-24H2,1-6H3. The van der Waals surface area contributed by atoms with Crippen LogP contribution in [-0.2, 0) is 34.0 Å². The predicted octanol–water partition coefficient (Wildman–Crippen LogP) is 5.37. The summed E-state index contributed by atoms with van der Waals surface area (Å²) in [6.45, 7) is 12.1. The summed E-state index contributed by atoms with van der Waals surface area (Å²) in [6, 6.07) is 21.8. The molecular weight excluding hydrogens is 490 g/mol. The second kappa shape index (κ2) is 14.0. The average Bonchev–Trinajstić information content (AvgIpc) is 3.33. The molecule has 0 aliphatic rings. The van der Waals surface area contributed by atoms with Crippen molar-refractivity contribution < 1.29 is 19.1 Å². The zero-order chi connectivity index (χ0) is 28.4. The third kappa shape index (κ3) is 9.29. The number of hydrogen-bond acceptors (Lipinski definition) is 4. The Morgan fingerprint density at radius 3 is 2.31 bits per heavy atom. The molecule has 3 aromatic rings. The lowest BCUT2D eigenvalue weighted by Gasteiger charge is -2.37. The molecule has 0 N–H and O–H groups in total. The Labute approximate surface area is 233 Å². The molecule has 3 rings (SSSR count). The molecule has 7 nitrogen and oxygen atoms in total. The van der Waals surface area contributed by atoms with Gasteiger partial charge in [-0.2, -0.15) is 0 Å². The maximum Gasteiger partial charge on any atom is 0.249 e. The Morgan fingerprint density at radius 2 is 1.64 bits per heavy atom. The molecular formula is C32H43N3O4. The number of ether oxygens (including phenoxy) is 2. The Morgan fingerprint density at radius 1 is 0.923 bits per heavy atom. The number of carbonyl (C=O) groups excluding carboxylic acids is 2. The van der Waals surface area contributed by atoms with Crippen LogP contribution < -0.4 is 4.74 Å². The number of carbonyl (C=O) groups is 2. The molecule has 2 amide bonds. The summed E-state index contributed by atoms with van der Waals surface area (Å²) in [6.07, 6.45) is 2.03. The highest BCUT2D eigenvalue weighted by atomic mass is 16.5. The van der Waals surface area contributed by atoms with Crippen molar-refractivity contribution in [1.29, 1.82) is 0 Å². The second-order valence-electron chi connectivity index (χ2n) is 11.3. The Kier molecular flexibility index (Phi) is 10.8. The minimum atomic E-state index is -0.432. The number of nitrogens with zero attached hydrogens (tertiary/aromatic N) is 3. The van der Waals surface area contributed by atoms with E-state index >= 15 is 0 Å². The van der Waals surface area contributed by atoms with Crippen LogP contribution >= 0.6 is 0 Å². The predicted molar refractivity (Wildman–Crippen MR) is 154 cm³/mol. The van der Waals surface area contributed by atoms with E-state index < -0.39 is 5.54 Å². The van der Waals surface area contributed by atoms with Gasteiger partial charge in [0.15, 0.2) is 0 Å². The van der Waals surface area contributed by atoms with Gasteiger partial charge < -0.3 is 23.8 Å².